The molecule has 2 aromatic heterocycles. The summed E-state index contributed by atoms with van der Waals surface area (Å²) in [6.45, 7) is 0.359. The summed E-state index contributed by atoms with van der Waals surface area (Å²) in [4.78, 5) is 41.9. The molecule has 2 aliphatic rings. The van der Waals surface area contributed by atoms with E-state index in [0.717, 1.165) is 51.7 Å². The van der Waals surface area contributed by atoms with E-state index in [-0.39, 0.29) is 5.92 Å². The van der Waals surface area contributed by atoms with Gasteiger partial charge < -0.3 is 4.74 Å². The van der Waals surface area contributed by atoms with E-state index >= 15 is 0 Å². The predicted octanol–water partition coefficient (Wildman–Crippen LogP) is 6.12. The van der Waals surface area contributed by atoms with E-state index in [1.165, 1.54) is 17.8 Å². The van der Waals surface area contributed by atoms with E-state index in [9.17, 15) is 9.59 Å². The monoisotopic (exact) mass is 499 g/mol. The lowest BCUT2D eigenvalue weighted by Crippen LogP contribution is -2.34. The van der Waals surface area contributed by atoms with Crippen LogP contribution in [0.4, 0.5) is 0 Å². The highest BCUT2D eigenvalue weighted by atomic mass is 32.1. The van der Waals surface area contributed by atoms with Gasteiger partial charge in [-0.05, 0) is 60.7 Å². The number of benzene rings is 2. The fourth-order valence-corrected chi connectivity index (χ4v) is 5.82. The Labute approximate surface area is 212 Å². The first-order chi connectivity index (χ1) is 17.7. The molecule has 3 heterocycles. The van der Waals surface area contributed by atoms with Gasteiger partial charge in [-0.25, -0.2) is 9.97 Å². The third-order valence-electron chi connectivity index (χ3n) is 6.84. The van der Waals surface area contributed by atoms with E-state index in [2.05, 4.69) is 9.97 Å². The van der Waals surface area contributed by atoms with Gasteiger partial charge in [0.05, 0.1) is 11.1 Å². The van der Waals surface area contributed by atoms with Gasteiger partial charge in [-0.2, -0.15) is 0 Å². The van der Waals surface area contributed by atoms with E-state index in [1.807, 2.05) is 36.4 Å². The van der Waals surface area contributed by atoms with Crippen LogP contribution in [0.25, 0.3) is 10.3 Å². The standard InChI is InChI=1S/C28H25N3O4S/c32-27-21-9-4-5-10-22(21)28(33)31(27)35-25(18-7-2-1-3-8-18)19-12-14-20(15-13-19)34-17-24-30-23-11-6-16-29-26(23)36-24/h4-6,9-16,18,25H,1-3,7-8,17H2. The third kappa shape index (κ3) is 4.38. The summed E-state index contributed by atoms with van der Waals surface area (Å²) in [5.74, 6) is 0.141. The van der Waals surface area contributed by atoms with Crippen LogP contribution in [0.3, 0.4) is 0 Å². The van der Waals surface area contributed by atoms with E-state index in [4.69, 9.17) is 9.57 Å². The molecule has 0 saturated heterocycles. The highest BCUT2D eigenvalue weighted by Gasteiger charge is 2.40. The minimum Gasteiger partial charge on any atom is -0.486 e. The van der Waals surface area contributed by atoms with Crippen LogP contribution < -0.4 is 4.74 Å². The summed E-state index contributed by atoms with van der Waals surface area (Å²) in [5, 5.41) is 1.82. The molecule has 6 rings (SSSR count). The van der Waals surface area contributed by atoms with Crippen LogP contribution in [0, 0.1) is 5.92 Å². The van der Waals surface area contributed by atoms with Crippen molar-refractivity contribution >= 4 is 33.5 Å². The maximum absolute atomic E-state index is 12.9. The molecule has 4 aromatic rings. The van der Waals surface area contributed by atoms with Gasteiger partial charge in [0.2, 0.25) is 0 Å². The molecular formula is C28H25N3O4S. The van der Waals surface area contributed by atoms with Crippen molar-refractivity contribution in [2.24, 2.45) is 5.92 Å². The molecule has 1 aliphatic heterocycles. The number of thiazole rings is 1. The number of hydrogen-bond donors (Lipinski definition) is 0. The average molecular weight is 500 g/mol. The van der Waals surface area contributed by atoms with Crippen molar-refractivity contribution in [1.82, 2.24) is 15.0 Å². The predicted molar refractivity (Wildman–Crippen MR) is 136 cm³/mol. The second kappa shape index (κ2) is 9.79. The smallest absolute Gasteiger partial charge is 0.285 e. The topological polar surface area (TPSA) is 81.6 Å². The Bertz CT molecular complexity index is 1340. The van der Waals surface area contributed by atoms with Gasteiger partial charge in [0, 0.05) is 6.20 Å². The van der Waals surface area contributed by atoms with E-state index in [1.54, 1.807) is 30.5 Å². The molecule has 8 heteroatoms. The van der Waals surface area contributed by atoms with Crippen molar-refractivity contribution < 1.29 is 19.2 Å². The number of rotatable bonds is 7. The second-order valence-electron chi connectivity index (χ2n) is 9.17. The molecule has 1 saturated carbocycles. The zero-order valence-corrected chi connectivity index (χ0v) is 20.4. The van der Waals surface area contributed by atoms with Gasteiger partial charge in [0.1, 0.15) is 33.8 Å². The summed E-state index contributed by atoms with van der Waals surface area (Å²) in [6, 6.07) is 18.4. The Hall–Kier alpha value is -3.62. The van der Waals surface area contributed by atoms with E-state index in [0.29, 0.717) is 23.5 Å². The zero-order valence-electron chi connectivity index (χ0n) is 19.6. The molecule has 7 nitrogen and oxygen atoms in total. The van der Waals surface area contributed by atoms with E-state index < -0.39 is 17.9 Å². The molecule has 0 N–H and O–H groups in total. The van der Waals surface area contributed by atoms with Crippen molar-refractivity contribution in [1.29, 1.82) is 0 Å². The normalized spacial score (nSPS) is 16.9. The first kappa shape index (κ1) is 22.8. The molecular weight excluding hydrogens is 474 g/mol. The summed E-state index contributed by atoms with van der Waals surface area (Å²) in [6.07, 6.45) is 6.79. The highest BCUT2D eigenvalue weighted by molar-refractivity contribution is 7.18. The number of amides is 2. The first-order valence-corrected chi connectivity index (χ1v) is 13.1. The molecule has 0 radical (unpaired) electrons. The molecule has 2 amide bonds. The maximum Gasteiger partial charge on any atom is 0.285 e. The number of ether oxygens (including phenoxy) is 1. The van der Waals surface area contributed by atoms with Crippen molar-refractivity contribution in [3.8, 4) is 5.75 Å². The van der Waals surface area contributed by atoms with Gasteiger partial charge in [-0.1, -0.05) is 54.9 Å². The Morgan fingerprint density at radius 2 is 1.64 bits per heavy atom. The molecule has 0 bridgehead atoms. The van der Waals surface area contributed by atoms with Gasteiger partial charge >= 0.3 is 0 Å². The zero-order chi connectivity index (χ0) is 24.5. The number of nitrogens with zero attached hydrogens (tertiary/aromatic N) is 3. The minimum atomic E-state index is -0.401. The molecule has 0 spiro atoms. The van der Waals surface area contributed by atoms with Crippen LogP contribution >= 0.6 is 11.3 Å². The molecule has 2 aromatic carbocycles. The van der Waals surface area contributed by atoms with Gasteiger partial charge in [0.15, 0.2) is 0 Å². The van der Waals surface area contributed by atoms with Gasteiger partial charge in [-0.15, -0.1) is 5.06 Å². The van der Waals surface area contributed by atoms with Crippen LogP contribution in [0.15, 0.2) is 66.9 Å². The molecule has 36 heavy (non-hydrogen) atoms. The number of fused-ring (bicyclic) bond motifs is 2. The van der Waals surface area contributed by atoms with Crippen LogP contribution in [0.1, 0.15) is 69.5 Å². The SMILES string of the molecule is O=C1c2ccccc2C(=O)N1OC(c1ccc(OCc2nc3cccnc3s2)cc1)C1CCCCC1. The molecule has 1 aliphatic carbocycles. The fraction of sp³-hybridized carbons (Fsp3) is 0.286. The fourth-order valence-electron chi connectivity index (χ4n) is 5.01. The summed E-state index contributed by atoms with van der Waals surface area (Å²) in [7, 11) is 0. The number of carbonyl (C=O) groups excluding carboxylic acids is 2. The quantitative estimate of drug-likeness (QED) is 0.285. The average Bonchev–Trinajstić information content (AvgIpc) is 3.45. The van der Waals surface area contributed by atoms with Crippen molar-refractivity contribution in [2.45, 2.75) is 44.8 Å². The Kier molecular flexibility index (Phi) is 6.21. The Balaban J connectivity index is 1.19. The lowest BCUT2D eigenvalue weighted by Gasteiger charge is -2.32. The summed E-state index contributed by atoms with van der Waals surface area (Å²) >= 11 is 1.52. The summed E-state index contributed by atoms with van der Waals surface area (Å²) < 4.78 is 5.97. The van der Waals surface area contributed by atoms with Gasteiger partial charge in [0.25, 0.3) is 11.8 Å². The molecule has 1 fully saturated rings. The summed E-state index contributed by atoms with van der Waals surface area (Å²) in [5.41, 5.74) is 2.57. The van der Waals surface area contributed by atoms with Crippen molar-refractivity contribution in [3.05, 3.63) is 88.6 Å². The van der Waals surface area contributed by atoms with Gasteiger partial charge in [-0.3, -0.25) is 14.4 Å². The molecule has 1 unspecified atom stereocenters. The molecule has 1 atom stereocenters. The third-order valence-corrected chi connectivity index (χ3v) is 7.79. The molecule has 182 valence electrons. The van der Waals surface area contributed by atoms with Crippen LogP contribution in [-0.2, 0) is 11.4 Å². The number of hydrogen-bond acceptors (Lipinski definition) is 7. The highest BCUT2D eigenvalue weighted by Crippen LogP contribution is 2.39. The maximum atomic E-state index is 12.9. The minimum absolute atomic E-state index is 0.227. The number of aromatic nitrogens is 2. The van der Waals surface area contributed by atoms with Crippen molar-refractivity contribution in [2.75, 3.05) is 0 Å². The largest absolute Gasteiger partial charge is 0.486 e. The lowest BCUT2D eigenvalue weighted by atomic mass is 9.82. The lowest BCUT2D eigenvalue weighted by molar-refractivity contribution is -0.156. The number of imide groups is 1. The Morgan fingerprint density at radius 1 is 0.917 bits per heavy atom. The van der Waals surface area contributed by atoms with Crippen LogP contribution in [-0.4, -0.2) is 26.8 Å². The second-order valence-corrected chi connectivity index (χ2v) is 10.2. The number of hydroxylamine groups is 2. The van der Waals surface area contributed by atoms with Crippen LogP contribution in [0.2, 0.25) is 0 Å². The van der Waals surface area contributed by atoms with Crippen LogP contribution in [0.5, 0.6) is 5.75 Å². The first-order valence-electron chi connectivity index (χ1n) is 12.2. The Morgan fingerprint density at radius 3 is 2.33 bits per heavy atom. The number of carbonyl (C=O) groups is 2. The number of pyridine rings is 1. The van der Waals surface area contributed by atoms with Crippen molar-refractivity contribution in [3.63, 3.8) is 0 Å².